The summed E-state index contributed by atoms with van der Waals surface area (Å²) in [6.45, 7) is 7.78. The van der Waals surface area contributed by atoms with Crippen LogP contribution in [0.4, 0.5) is 0 Å². The highest BCUT2D eigenvalue weighted by Crippen LogP contribution is 2.24. The molecule has 0 aromatic heterocycles. The van der Waals surface area contributed by atoms with Crippen LogP contribution in [0.1, 0.15) is 27.2 Å². The molecule has 10 heavy (non-hydrogen) atoms. The Labute approximate surface area is 63.5 Å². The second-order valence-electron chi connectivity index (χ2n) is 3.14. The fraction of sp³-hybridized carbons (Fsp3) is 0.778. The van der Waals surface area contributed by atoms with Crippen LogP contribution in [0.3, 0.4) is 0 Å². The molecule has 1 nitrogen and oxygen atoms in total. The first kappa shape index (κ1) is 7.80. The van der Waals surface area contributed by atoms with Crippen molar-refractivity contribution in [2.75, 3.05) is 6.54 Å². The smallest absolute Gasteiger partial charge is 0.0164 e. The van der Waals surface area contributed by atoms with E-state index >= 15 is 0 Å². The van der Waals surface area contributed by atoms with E-state index < -0.39 is 0 Å². The maximum absolute atomic E-state index is 3.47. The minimum absolute atomic E-state index is 0.713. The molecule has 1 rings (SSSR count). The lowest BCUT2D eigenvalue weighted by molar-refractivity contribution is 0.455. The predicted octanol–water partition coefficient (Wildman–Crippen LogP) is 1.95. The fourth-order valence-electron chi connectivity index (χ4n) is 1.54. The normalized spacial score (nSPS) is 32.5. The van der Waals surface area contributed by atoms with Crippen LogP contribution in [0.25, 0.3) is 0 Å². The van der Waals surface area contributed by atoms with Gasteiger partial charge >= 0.3 is 0 Å². The van der Waals surface area contributed by atoms with Crippen molar-refractivity contribution in [1.82, 2.24) is 5.32 Å². The van der Waals surface area contributed by atoms with E-state index in [1.165, 1.54) is 6.42 Å². The van der Waals surface area contributed by atoms with Crippen LogP contribution >= 0.6 is 0 Å². The van der Waals surface area contributed by atoms with Crippen LogP contribution in [0, 0.1) is 5.92 Å². The van der Waals surface area contributed by atoms with Crippen LogP contribution in [0.2, 0.25) is 0 Å². The maximum atomic E-state index is 3.47. The lowest BCUT2D eigenvalue weighted by atomic mass is 10.0. The minimum atomic E-state index is 0.713. The van der Waals surface area contributed by atoms with Crippen molar-refractivity contribution in [1.29, 1.82) is 0 Å². The Bertz CT molecular complexity index is 138. The summed E-state index contributed by atoms with van der Waals surface area (Å²) in [5, 5.41) is 3.47. The van der Waals surface area contributed by atoms with Crippen LogP contribution < -0.4 is 5.32 Å². The average Bonchev–Trinajstić information content (AvgIpc) is 2.20. The molecule has 0 spiro atoms. The van der Waals surface area contributed by atoms with Crippen LogP contribution in [0.15, 0.2) is 11.6 Å². The molecule has 0 fully saturated rings. The number of rotatable bonds is 2. The first-order chi connectivity index (χ1) is 4.75. The second kappa shape index (κ2) is 3.20. The third-order valence-electron chi connectivity index (χ3n) is 2.48. The molecule has 1 aliphatic rings. The summed E-state index contributed by atoms with van der Waals surface area (Å²) in [6.07, 6.45) is 3.57. The Morgan fingerprint density at radius 1 is 1.70 bits per heavy atom. The molecule has 1 heteroatoms. The molecule has 0 saturated heterocycles. The third-order valence-corrected chi connectivity index (χ3v) is 2.48. The quantitative estimate of drug-likeness (QED) is 0.577. The molecule has 1 aliphatic carbocycles. The molecule has 0 heterocycles. The number of hydrogen-bond acceptors (Lipinski definition) is 1. The van der Waals surface area contributed by atoms with E-state index in [1.54, 1.807) is 5.57 Å². The Hall–Kier alpha value is -0.300. The van der Waals surface area contributed by atoms with Gasteiger partial charge in [0.25, 0.3) is 0 Å². The molecule has 0 radical (unpaired) electrons. The molecular formula is C9H17N. The van der Waals surface area contributed by atoms with Gasteiger partial charge in [-0.2, -0.15) is 0 Å². The zero-order valence-corrected chi connectivity index (χ0v) is 7.15. The Balaban J connectivity index is 2.40. The van der Waals surface area contributed by atoms with Gasteiger partial charge in [0.05, 0.1) is 0 Å². The van der Waals surface area contributed by atoms with Gasteiger partial charge in [-0.05, 0) is 25.8 Å². The summed E-state index contributed by atoms with van der Waals surface area (Å²) in [5.74, 6) is 0.750. The van der Waals surface area contributed by atoms with E-state index in [0.29, 0.717) is 6.04 Å². The lowest BCUT2D eigenvalue weighted by Crippen LogP contribution is -2.31. The van der Waals surface area contributed by atoms with E-state index in [0.717, 1.165) is 12.5 Å². The monoisotopic (exact) mass is 139 g/mol. The van der Waals surface area contributed by atoms with E-state index in [2.05, 4.69) is 32.2 Å². The van der Waals surface area contributed by atoms with Crippen molar-refractivity contribution in [3.8, 4) is 0 Å². The van der Waals surface area contributed by atoms with Crippen molar-refractivity contribution in [2.45, 2.75) is 33.2 Å². The molecular weight excluding hydrogens is 122 g/mol. The van der Waals surface area contributed by atoms with E-state index in [1.807, 2.05) is 0 Å². The van der Waals surface area contributed by atoms with Crippen LogP contribution in [0.5, 0.6) is 0 Å². The molecule has 0 aliphatic heterocycles. The first-order valence-corrected chi connectivity index (χ1v) is 4.15. The second-order valence-corrected chi connectivity index (χ2v) is 3.14. The molecule has 1 N–H and O–H groups in total. The molecule has 0 aromatic carbocycles. The van der Waals surface area contributed by atoms with Crippen molar-refractivity contribution in [2.24, 2.45) is 5.92 Å². The van der Waals surface area contributed by atoms with Crippen molar-refractivity contribution in [3.05, 3.63) is 11.6 Å². The number of hydrogen-bond donors (Lipinski definition) is 1. The van der Waals surface area contributed by atoms with Gasteiger partial charge < -0.3 is 5.32 Å². The molecule has 58 valence electrons. The minimum Gasteiger partial charge on any atom is -0.313 e. The lowest BCUT2D eigenvalue weighted by Gasteiger charge is -2.17. The van der Waals surface area contributed by atoms with Crippen LogP contribution in [-0.4, -0.2) is 12.6 Å². The topological polar surface area (TPSA) is 12.0 Å². The Morgan fingerprint density at radius 2 is 2.40 bits per heavy atom. The maximum Gasteiger partial charge on any atom is 0.0164 e. The summed E-state index contributed by atoms with van der Waals surface area (Å²) in [7, 11) is 0. The highest BCUT2D eigenvalue weighted by Gasteiger charge is 2.21. The largest absolute Gasteiger partial charge is 0.313 e. The molecule has 2 atom stereocenters. The van der Waals surface area contributed by atoms with Crippen molar-refractivity contribution >= 4 is 0 Å². The van der Waals surface area contributed by atoms with E-state index in [-0.39, 0.29) is 0 Å². The highest BCUT2D eigenvalue weighted by molar-refractivity contribution is 5.13. The zero-order chi connectivity index (χ0) is 7.56. The van der Waals surface area contributed by atoms with Gasteiger partial charge in [0.15, 0.2) is 0 Å². The molecule has 0 amide bonds. The van der Waals surface area contributed by atoms with Gasteiger partial charge in [0, 0.05) is 6.04 Å². The van der Waals surface area contributed by atoms with Gasteiger partial charge in [-0.25, -0.2) is 0 Å². The van der Waals surface area contributed by atoms with E-state index in [9.17, 15) is 0 Å². The Morgan fingerprint density at radius 3 is 2.80 bits per heavy atom. The SMILES string of the molecule is CCNC1CC=C(C)C1C. The van der Waals surface area contributed by atoms with E-state index in [4.69, 9.17) is 0 Å². The summed E-state index contributed by atoms with van der Waals surface area (Å²) in [4.78, 5) is 0. The average molecular weight is 139 g/mol. The van der Waals surface area contributed by atoms with Gasteiger partial charge in [-0.3, -0.25) is 0 Å². The summed E-state index contributed by atoms with van der Waals surface area (Å²) in [5.41, 5.74) is 1.55. The Kier molecular flexibility index (Phi) is 2.50. The number of nitrogens with one attached hydrogen (secondary N) is 1. The van der Waals surface area contributed by atoms with Crippen molar-refractivity contribution < 1.29 is 0 Å². The van der Waals surface area contributed by atoms with Gasteiger partial charge in [0.2, 0.25) is 0 Å². The predicted molar refractivity (Wildman–Crippen MR) is 45.0 cm³/mol. The summed E-state index contributed by atoms with van der Waals surface area (Å²) >= 11 is 0. The zero-order valence-electron chi connectivity index (χ0n) is 7.15. The van der Waals surface area contributed by atoms with Gasteiger partial charge in [-0.15, -0.1) is 0 Å². The van der Waals surface area contributed by atoms with Gasteiger partial charge in [-0.1, -0.05) is 25.5 Å². The first-order valence-electron chi connectivity index (χ1n) is 4.15. The van der Waals surface area contributed by atoms with Gasteiger partial charge in [0.1, 0.15) is 0 Å². The fourth-order valence-corrected chi connectivity index (χ4v) is 1.54. The molecule has 2 unspecified atom stereocenters. The summed E-state index contributed by atoms with van der Waals surface area (Å²) < 4.78 is 0. The highest BCUT2D eigenvalue weighted by atomic mass is 14.9. The summed E-state index contributed by atoms with van der Waals surface area (Å²) in [6, 6.07) is 0.713. The molecule has 0 saturated carbocycles. The molecule has 0 bridgehead atoms. The van der Waals surface area contributed by atoms with Crippen LogP contribution in [-0.2, 0) is 0 Å². The standard InChI is InChI=1S/C9H17N/c1-4-10-9-6-5-7(2)8(9)3/h5,8-10H,4,6H2,1-3H3. The third kappa shape index (κ3) is 1.40. The molecule has 0 aromatic rings. The van der Waals surface area contributed by atoms with Crippen molar-refractivity contribution in [3.63, 3.8) is 0 Å².